The van der Waals surface area contributed by atoms with Crippen molar-refractivity contribution in [2.24, 2.45) is 0 Å². The van der Waals surface area contributed by atoms with Gasteiger partial charge >= 0.3 is 6.09 Å². The highest BCUT2D eigenvalue weighted by Gasteiger charge is 2.21. The van der Waals surface area contributed by atoms with Gasteiger partial charge in [0.2, 0.25) is 0 Å². The predicted molar refractivity (Wildman–Crippen MR) is 55.7 cm³/mol. The minimum Gasteiger partial charge on any atom is -0.447 e. The number of carbonyl (C=O) groups is 1. The van der Waals surface area contributed by atoms with Crippen molar-refractivity contribution in [3.63, 3.8) is 0 Å². The lowest BCUT2D eigenvalue weighted by Gasteiger charge is -2.26. The van der Waals surface area contributed by atoms with E-state index in [0.717, 1.165) is 45.4 Å². The van der Waals surface area contributed by atoms with Gasteiger partial charge in [0.05, 0.1) is 6.10 Å². The number of amides is 1. The first-order chi connectivity index (χ1) is 7.36. The monoisotopic (exact) mass is 213 g/mol. The van der Waals surface area contributed by atoms with E-state index in [2.05, 4.69) is 0 Å². The Morgan fingerprint density at radius 3 is 2.73 bits per heavy atom. The van der Waals surface area contributed by atoms with Crippen molar-refractivity contribution in [2.45, 2.75) is 38.2 Å². The number of hydrogen-bond acceptors (Lipinski definition) is 3. The Morgan fingerprint density at radius 2 is 2.07 bits per heavy atom. The lowest BCUT2D eigenvalue weighted by atomic mass is 10.1. The molecule has 2 saturated heterocycles. The van der Waals surface area contributed by atoms with E-state index in [0.29, 0.717) is 6.61 Å². The zero-order chi connectivity index (χ0) is 10.5. The van der Waals surface area contributed by atoms with Crippen molar-refractivity contribution in [3.8, 4) is 0 Å². The van der Waals surface area contributed by atoms with Crippen molar-refractivity contribution >= 4 is 6.09 Å². The predicted octanol–water partition coefficient (Wildman–Crippen LogP) is 1.79. The molecule has 86 valence electrons. The van der Waals surface area contributed by atoms with Gasteiger partial charge in [-0.15, -0.1) is 0 Å². The largest absolute Gasteiger partial charge is 0.447 e. The second-order valence-electron chi connectivity index (χ2n) is 4.26. The molecule has 0 spiro atoms. The van der Waals surface area contributed by atoms with Gasteiger partial charge in [-0.2, -0.15) is 0 Å². The van der Waals surface area contributed by atoms with E-state index in [4.69, 9.17) is 9.47 Å². The van der Waals surface area contributed by atoms with Gasteiger partial charge in [-0.05, 0) is 32.1 Å². The maximum atomic E-state index is 11.6. The number of likely N-dealkylation sites (tertiary alicyclic amines) is 1. The standard InChI is InChI=1S/C11H19NO3/c13-11(12-6-2-1-3-7-12)15-9-10-5-4-8-14-10/h10H,1-9H2/t10-/m1/s1. The third kappa shape index (κ3) is 3.09. The molecule has 2 fully saturated rings. The highest BCUT2D eigenvalue weighted by atomic mass is 16.6. The van der Waals surface area contributed by atoms with Crippen LogP contribution in [0.25, 0.3) is 0 Å². The molecule has 2 heterocycles. The van der Waals surface area contributed by atoms with Gasteiger partial charge in [0.25, 0.3) is 0 Å². The van der Waals surface area contributed by atoms with Gasteiger partial charge in [0.1, 0.15) is 6.61 Å². The fraction of sp³-hybridized carbons (Fsp3) is 0.909. The van der Waals surface area contributed by atoms with E-state index in [-0.39, 0.29) is 12.2 Å². The Labute approximate surface area is 90.5 Å². The number of hydrogen-bond donors (Lipinski definition) is 0. The molecule has 0 aromatic heterocycles. The van der Waals surface area contributed by atoms with Crippen molar-refractivity contribution < 1.29 is 14.3 Å². The van der Waals surface area contributed by atoms with Crippen LogP contribution in [0, 0.1) is 0 Å². The topological polar surface area (TPSA) is 38.8 Å². The number of nitrogens with zero attached hydrogens (tertiary/aromatic N) is 1. The quantitative estimate of drug-likeness (QED) is 0.702. The summed E-state index contributed by atoms with van der Waals surface area (Å²) >= 11 is 0. The van der Waals surface area contributed by atoms with Crippen LogP contribution < -0.4 is 0 Å². The Bertz CT molecular complexity index is 208. The lowest BCUT2D eigenvalue weighted by Crippen LogP contribution is -2.37. The molecule has 0 saturated carbocycles. The van der Waals surface area contributed by atoms with Crippen LogP contribution in [-0.2, 0) is 9.47 Å². The molecule has 0 aromatic rings. The molecular weight excluding hydrogens is 194 g/mol. The molecule has 0 aliphatic carbocycles. The molecule has 0 bridgehead atoms. The van der Waals surface area contributed by atoms with Gasteiger partial charge in [0.15, 0.2) is 0 Å². The second-order valence-corrected chi connectivity index (χ2v) is 4.26. The fourth-order valence-electron chi connectivity index (χ4n) is 2.11. The molecule has 0 aromatic carbocycles. The smallest absolute Gasteiger partial charge is 0.409 e. The molecule has 0 N–H and O–H groups in total. The van der Waals surface area contributed by atoms with Crippen LogP contribution in [0.15, 0.2) is 0 Å². The van der Waals surface area contributed by atoms with Gasteiger partial charge in [0, 0.05) is 19.7 Å². The number of carbonyl (C=O) groups excluding carboxylic acids is 1. The van der Waals surface area contributed by atoms with Crippen LogP contribution in [0.2, 0.25) is 0 Å². The third-order valence-electron chi connectivity index (χ3n) is 3.03. The maximum absolute atomic E-state index is 11.6. The summed E-state index contributed by atoms with van der Waals surface area (Å²) in [5.41, 5.74) is 0. The molecule has 1 atom stereocenters. The Hall–Kier alpha value is -0.770. The summed E-state index contributed by atoms with van der Waals surface area (Å²) in [5.74, 6) is 0. The van der Waals surface area contributed by atoms with E-state index < -0.39 is 0 Å². The highest BCUT2D eigenvalue weighted by molar-refractivity contribution is 5.67. The second kappa shape index (κ2) is 5.35. The van der Waals surface area contributed by atoms with E-state index >= 15 is 0 Å². The molecule has 4 nitrogen and oxygen atoms in total. The van der Waals surface area contributed by atoms with E-state index in [1.165, 1.54) is 6.42 Å². The molecule has 1 amide bonds. The summed E-state index contributed by atoms with van der Waals surface area (Å²) in [7, 11) is 0. The number of rotatable bonds is 2. The first-order valence-electron chi connectivity index (χ1n) is 5.89. The summed E-state index contributed by atoms with van der Waals surface area (Å²) in [6.45, 7) is 2.94. The number of ether oxygens (including phenoxy) is 2. The molecule has 2 aliphatic heterocycles. The van der Waals surface area contributed by atoms with Crippen molar-refractivity contribution in [3.05, 3.63) is 0 Å². The fourth-order valence-corrected chi connectivity index (χ4v) is 2.11. The van der Waals surface area contributed by atoms with Crippen molar-refractivity contribution in [1.29, 1.82) is 0 Å². The van der Waals surface area contributed by atoms with Gasteiger partial charge in [-0.1, -0.05) is 0 Å². The van der Waals surface area contributed by atoms with Crippen LogP contribution in [-0.4, -0.2) is 43.4 Å². The average Bonchev–Trinajstić information content (AvgIpc) is 2.80. The Kier molecular flexibility index (Phi) is 3.83. The van der Waals surface area contributed by atoms with Crippen LogP contribution in [0.1, 0.15) is 32.1 Å². The highest BCUT2D eigenvalue weighted by Crippen LogP contribution is 2.14. The molecule has 2 rings (SSSR count). The van der Waals surface area contributed by atoms with Crippen LogP contribution in [0.4, 0.5) is 4.79 Å². The summed E-state index contributed by atoms with van der Waals surface area (Å²) in [6, 6.07) is 0. The lowest BCUT2D eigenvalue weighted by molar-refractivity contribution is 0.0278. The molecule has 4 heteroatoms. The summed E-state index contributed by atoms with van der Waals surface area (Å²) < 4.78 is 10.6. The molecule has 0 unspecified atom stereocenters. The minimum absolute atomic E-state index is 0.138. The Balaban J connectivity index is 1.66. The van der Waals surface area contributed by atoms with Crippen LogP contribution >= 0.6 is 0 Å². The molecular formula is C11H19NO3. The normalized spacial score (nSPS) is 26.7. The van der Waals surface area contributed by atoms with E-state index in [1.807, 2.05) is 0 Å². The summed E-state index contributed by atoms with van der Waals surface area (Å²) in [6.07, 6.45) is 5.53. The zero-order valence-electron chi connectivity index (χ0n) is 9.11. The maximum Gasteiger partial charge on any atom is 0.409 e. The van der Waals surface area contributed by atoms with Gasteiger partial charge in [-0.3, -0.25) is 0 Å². The summed E-state index contributed by atoms with van der Waals surface area (Å²) in [4.78, 5) is 13.4. The number of piperidine rings is 1. The SMILES string of the molecule is O=C(OC[C@H]1CCCO1)N1CCCCC1. The van der Waals surface area contributed by atoms with Gasteiger partial charge in [-0.25, -0.2) is 4.79 Å². The van der Waals surface area contributed by atoms with Crippen molar-refractivity contribution in [1.82, 2.24) is 4.90 Å². The first kappa shape index (κ1) is 10.7. The Morgan fingerprint density at radius 1 is 1.27 bits per heavy atom. The zero-order valence-corrected chi connectivity index (χ0v) is 9.11. The van der Waals surface area contributed by atoms with E-state index in [9.17, 15) is 4.79 Å². The summed E-state index contributed by atoms with van der Waals surface area (Å²) in [5, 5.41) is 0. The van der Waals surface area contributed by atoms with Crippen LogP contribution in [0.3, 0.4) is 0 Å². The average molecular weight is 213 g/mol. The van der Waals surface area contributed by atoms with E-state index in [1.54, 1.807) is 4.90 Å². The third-order valence-corrected chi connectivity index (χ3v) is 3.03. The minimum atomic E-state index is -0.162. The first-order valence-corrected chi connectivity index (χ1v) is 5.89. The van der Waals surface area contributed by atoms with Gasteiger partial charge < -0.3 is 14.4 Å². The van der Waals surface area contributed by atoms with Crippen molar-refractivity contribution in [2.75, 3.05) is 26.3 Å². The molecule has 2 aliphatic rings. The molecule has 0 radical (unpaired) electrons. The van der Waals surface area contributed by atoms with Crippen LogP contribution in [0.5, 0.6) is 0 Å². The molecule has 15 heavy (non-hydrogen) atoms.